The molecule has 0 saturated heterocycles. The number of carbonyl (C=O) groups is 2. The molecule has 1 amide bonds. The minimum absolute atomic E-state index is 0.191. The number of carboxylic acids is 1. The van der Waals surface area contributed by atoms with Crippen molar-refractivity contribution < 1.29 is 19.8 Å². The number of hydrogen-bond acceptors (Lipinski definition) is 3. The molecule has 0 fully saturated rings. The van der Waals surface area contributed by atoms with Crippen LogP contribution in [0, 0.1) is 5.92 Å². The second-order valence-corrected chi connectivity index (χ2v) is 4.22. The van der Waals surface area contributed by atoms with Crippen LogP contribution in [0.4, 0.5) is 0 Å². The van der Waals surface area contributed by atoms with Gasteiger partial charge in [0, 0.05) is 12.0 Å². The lowest BCUT2D eigenvalue weighted by Crippen LogP contribution is -2.42. The van der Waals surface area contributed by atoms with E-state index in [-0.39, 0.29) is 17.9 Å². The minimum Gasteiger partial charge on any atom is -0.481 e. The van der Waals surface area contributed by atoms with Crippen molar-refractivity contribution >= 4 is 11.9 Å². The fourth-order valence-corrected chi connectivity index (χ4v) is 0.923. The van der Waals surface area contributed by atoms with Gasteiger partial charge in [-0.2, -0.15) is 0 Å². The monoisotopic (exact) mass is 203 g/mol. The largest absolute Gasteiger partial charge is 0.481 e. The van der Waals surface area contributed by atoms with Gasteiger partial charge in [0.2, 0.25) is 5.91 Å². The summed E-state index contributed by atoms with van der Waals surface area (Å²) in [6.45, 7) is 4.89. The van der Waals surface area contributed by atoms with Gasteiger partial charge in [-0.25, -0.2) is 0 Å². The number of aliphatic hydroxyl groups is 1. The number of hydrogen-bond donors (Lipinski definition) is 3. The Morgan fingerprint density at radius 3 is 2.14 bits per heavy atom. The Kier molecular flexibility index (Phi) is 4.56. The van der Waals surface area contributed by atoms with E-state index in [9.17, 15) is 9.59 Å². The Bertz CT molecular complexity index is 219. The van der Waals surface area contributed by atoms with Gasteiger partial charge in [-0.05, 0) is 20.8 Å². The van der Waals surface area contributed by atoms with E-state index in [0.29, 0.717) is 0 Å². The molecule has 3 N–H and O–H groups in total. The summed E-state index contributed by atoms with van der Waals surface area (Å²) in [5, 5.41) is 19.9. The third-order valence-electron chi connectivity index (χ3n) is 1.52. The summed E-state index contributed by atoms with van der Waals surface area (Å²) in [6.07, 6.45) is -0.191. The lowest BCUT2D eigenvalue weighted by molar-refractivity contribution is -0.145. The molecule has 0 rings (SSSR count). The fourth-order valence-electron chi connectivity index (χ4n) is 0.923. The molecule has 5 heteroatoms. The smallest absolute Gasteiger partial charge is 0.309 e. The highest BCUT2D eigenvalue weighted by molar-refractivity contribution is 5.82. The number of nitrogens with one attached hydrogen (secondary N) is 1. The molecule has 82 valence electrons. The zero-order valence-electron chi connectivity index (χ0n) is 8.70. The van der Waals surface area contributed by atoms with Crippen molar-refractivity contribution in [2.24, 2.45) is 5.92 Å². The van der Waals surface area contributed by atoms with Gasteiger partial charge < -0.3 is 15.5 Å². The van der Waals surface area contributed by atoms with Crippen LogP contribution in [0.3, 0.4) is 0 Å². The van der Waals surface area contributed by atoms with Crippen LogP contribution < -0.4 is 5.32 Å². The number of carbonyl (C=O) groups excluding carboxylic acids is 1. The maximum absolute atomic E-state index is 11.2. The highest BCUT2D eigenvalue weighted by Gasteiger charge is 2.22. The summed E-state index contributed by atoms with van der Waals surface area (Å²) < 4.78 is 0. The molecule has 0 bridgehead atoms. The molecule has 0 aliphatic heterocycles. The zero-order chi connectivity index (χ0) is 11.4. The lowest BCUT2D eigenvalue weighted by atomic mass is 10.0. The number of rotatable bonds is 4. The second kappa shape index (κ2) is 4.95. The van der Waals surface area contributed by atoms with Gasteiger partial charge in [-0.15, -0.1) is 0 Å². The van der Waals surface area contributed by atoms with E-state index in [2.05, 4.69) is 5.32 Å². The molecule has 0 saturated carbocycles. The van der Waals surface area contributed by atoms with E-state index in [0.717, 1.165) is 0 Å². The third kappa shape index (κ3) is 5.53. The Morgan fingerprint density at radius 1 is 1.36 bits per heavy atom. The number of amides is 1. The van der Waals surface area contributed by atoms with E-state index in [1.54, 1.807) is 20.8 Å². The first kappa shape index (κ1) is 12.9. The van der Waals surface area contributed by atoms with Crippen molar-refractivity contribution in [2.75, 3.05) is 6.61 Å². The summed E-state index contributed by atoms with van der Waals surface area (Å²) >= 11 is 0. The first-order chi connectivity index (χ1) is 6.26. The molecule has 5 nitrogen and oxygen atoms in total. The SMILES string of the molecule is CC(C)(C)NC(=O)CC(CO)C(=O)O. The van der Waals surface area contributed by atoms with Crippen LogP contribution >= 0.6 is 0 Å². The van der Waals surface area contributed by atoms with Gasteiger partial charge >= 0.3 is 5.97 Å². The van der Waals surface area contributed by atoms with Crippen LogP contribution in [-0.2, 0) is 9.59 Å². The van der Waals surface area contributed by atoms with Crippen molar-refractivity contribution in [3.63, 3.8) is 0 Å². The molecule has 0 aromatic carbocycles. The second-order valence-electron chi connectivity index (χ2n) is 4.22. The third-order valence-corrected chi connectivity index (χ3v) is 1.52. The van der Waals surface area contributed by atoms with Gasteiger partial charge in [0.05, 0.1) is 12.5 Å². The molecule has 0 aliphatic rings. The predicted octanol–water partition coefficient (Wildman–Crippen LogP) is -0.0157. The predicted molar refractivity (Wildman–Crippen MR) is 50.7 cm³/mol. The molecule has 14 heavy (non-hydrogen) atoms. The van der Waals surface area contributed by atoms with Crippen LogP contribution in [0.1, 0.15) is 27.2 Å². The van der Waals surface area contributed by atoms with Crippen LogP contribution in [0.25, 0.3) is 0 Å². The van der Waals surface area contributed by atoms with Crippen molar-refractivity contribution in [1.82, 2.24) is 5.32 Å². The van der Waals surface area contributed by atoms with Crippen molar-refractivity contribution in [3.8, 4) is 0 Å². The van der Waals surface area contributed by atoms with Crippen LogP contribution in [0.15, 0.2) is 0 Å². The first-order valence-corrected chi connectivity index (χ1v) is 4.41. The number of carboxylic acid groups (broad SMARTS) is 1. The molecule has 0 heterocycles. The van der Waals surface area contributed by atoms with Crippen LogP contribution in [0.2, 0.25) is 0 Å². The minimum atomic E-state index is -1.16. The van der Waals surface area contributed by atoms with Crippen molar-refractivity contribution in [2.45, 2.75) is 32.7 Å². The van der Waals surface area contributed by atoms with E-state index in [4.69, 9.17) is 10.2 Å². The number of aliphatic hydroxyl groups excluding tert-OH is 1. The maximum Gasteiger partial charge on any atom is 0.309 e. The summed E-state index contributed by atoms with van der Waals surface area (Å²) in [6, 6.07) is 0. The summed E-state index contributed by atoms with van der Waals surface area (Å²) in [5.74, 6) is -2.53. The van der Waals surface area contributed by atoms with E-state index in [1.165, 1.54) is 0 Å². The van der Waals surface area contributed by atoms with Crippen LogP contribution in [0.5, 0.6) is 0 Å². The standard InChI is InChI=1S/C9H17NO4/c1-9(2,3)10-7(12)4-6(5-11)8(13)14/h6,11H,4-5H2,1-3H3,(H,10,12)(H,13,14). The van der Waals surface area contributed by atoms with Gasteiger partial charge in [-0.3, -0.25) is 9.59 Å². The topological polar surface area (TPSA) is 86.6 Å². The number of aliphatic carboxylic acids is 1. The van der Waals surface area contributed by atoms with Gasteiger partial charge in [0.15, 0.2) is 0 Å². The Balaban J connectivity index is 4.11. The van der Waals surface area contributed by atoms with E-state index < -0.39 is 18.5 Å². The quantitative estimate of drug-likeness (QED) is 0.599. The van der Waals surface area contributed by atoms with Crippen LogP contribution in [-0.4, -0.2) is 34.2 Å². The molecule has 0 aromatic heterocycles. The summed E-state index contributed by atoms with van der Waals surface area (Å²) in [4.78, 5) is 21.7. The fraction of sp³-hybridized carbons (Fsp3) is 0.778. The van der Waals surface area contributed by atoms with Crippen molar-refractivity contribution in [1.29, 1.82) is 0 Å². The molecule has 0 spiro atoms. The highest BCUT2D eigenvalue weighted by atomic mass is 16.4. The molecule has 0 aliphatic carbocycles. The van der Waals surface area contributed by atoms with Gasteiger partial charge in [0.25, 0.3) is 0 Å². The normalized spacial score (nSPS) is 13.4. The Hall–Kier alpha value is -1.10. The molecule has 0 radical (unpaired) electrons. The highest BCUT2D eigenvalue weighted by Crippen LogP contribution is 2.05. The van der Waals surface area contributed by atoms with Gasteiger partial charge in [0.1, 0.15) is 0 Å². The van der Waals surface area contributed by atoms with E-state index in [1.807, 2.05) is 0 Å². The lowest BCUT2D eigenvalue weighted by Gasteiger charge is -2.21. The maximum atomic E-state index is 11.2. The van der Waals surface area contributed by atoms with Gasteiger partial charge in [-0.1, -0.05) is 0 Å². The molecule has 1 atom stereocenters. The van der Waals surface area contributed by atoms with E-state index >= 15 is 0 Å². The first-order valence-electron chi connectivity index (χ1n) is 4.41. The molecule has 0 aromatic rings. The average molecular weight is 203 g/mol. The molecule has 1 unspecified atom stereocenters. The Morgan fingerprint density at radius 2 is 1.86 bits per heavy atom. The average Bonchev–Trinajstić information content (AvgIpc) is 1.96. The molecular formula is C9H17NO4. The summed E-state index contributed by atoms with van der Waals surface area (Å²) in [5.41, 5.74) is -0.379. The molecular weight excluding hydrogens is 186 g/mol. The Labute approximate surface area is 83.1 Å². The summed E-state index contributed by atoms with van der Waals surface area (Å²) in [7, 11) is 0. The zero-order valence-corrected chi connectivity index (χ0v) is 8.70. The van der Waals surface area contributed by atoms with Crippen molar-refractivity contribution in [3.05, 3.63) is 0 Å².